The van der Waals surface area contributed by atoms with Crippen molar-refractivity contribution in [3.8, 4) is 89.0 Å². The van der Waals surface area contributed by atoms with Crippen molar-refractivity contribution in [3.63, 3.8) is 0 Å². The fourth-order valence-electron chi connectivity index (χ4n) is 21.9. The zero-order valence-electron chi connectivity index (χ0n) is 72.8. The molecule has 133 heavy (non-hydrogen) atoms. The molecule has 0 aliphatic heterocycles. The van der Waals surface area contributed by atoms with E-state index in [9.17, 15) is 0 Å². The van der Waals surface area contributed by atoms with E-state index in [0.29, 0.717) is 0 Å². The molecule has 21 aromatic carbocycles. The predicted octanol–water partition coefficient (Wildman–Crippen LogP) is 34.5. The lowest BCUT2D eigenvalue weighted by Crippen LogP contribution is -2.26. The Labute approximate surface area is 774 Å². The van der Waals surface area contributed by atoms with Crippen LogP contribution in [0.5, 0.6) is 0 Å². The largest absolute Gasteiger partial charge is 0.456 e. The van der Waals surface area contributed by atoms with Gasteiger partial charge in [-0.15, -0.1) is 0 Å². The molecule has 0 saturated carbocycles. The molecule has 0 atom stereocenters. The fraction of sp³-hybridized carbons (Fsp3) is 0.0156. The van der Waals surface area contributed by atoms with Crippen molar-refractivity contribution in [3.05, 3.63) is 566 Å². The van der Waals surface area contributed by atoms with Crippen molar-refractivity contribution in [1.82, 2.24) is 0 Å². The van der Waals surface area contributed by atoms with E-state index < -0.39 is 5.41 Å². The number of furan rings is 1. The second-order valence-electron chi connectivity index (χ2n) is 34.9. The van der Waals surface area contributed by atoms with Gasteiger partial charge in [-0.2, -0.15) is 0 Å². The third-order valence-electron chi connectivity index (χ3n) is 27.7. The monoisotopic (exact) mass is 1690 g/mol. The van der Waals surface area contributed by atoms with Crippen molar-refractivity contribution in [2.75, 3.05) is 19.6 Å². The Hall–Kier alpha value is -17.4. The first kappa shape index (κ1) is 77.9. The van der Waals surface area contributed by atoms with Crippen molar-refractivity contribution in [2.45, 2.75) is 10.8 Å². The summed E-state index contributed by atoms with van der Waals surface area (Å²) in [5.74, 6) is 0. The normalized spacial score (nSPS) is 12.6. The summed E-state index contributed by atoms with van der Waals surface area (Å²) in [6, 6.07) is 190. The second kappa shape index (κ2) is 32.4. The maximum atomic E-state index is 6.32. The van der Waals surface area contributed by atoms with Gasteiger partial charge in [-0.3, -0.25) is 0 Å². The smallest absolute Gasteiger partial charge is 0.137 e. The molecular formula is C128H86N4O. The Bertz CT molecular complexity index is 8000. The van der Waals surface area contributed by atoms with Crippen LogP contribution in [0.4, 0.5) is 68.2 Å². The minimum Gasteiger partial charge on any atom is -0.456 e. The Morgan fingerprint density at radius 2 is 0.376 bits per heavy atom. The van der Waals surface area contributed by atoms with E-state index >= 15 is 0 Å². The fourth-order valence-corrected chi connectivity index (χ4v) is 21.9. The van der Waals surface area contributed by atoms with Crippen LogP contribution in [-0.2, 0) is 10.8 Å². The van der Waals surface area contributed by atoms with Crippen LogP contribution in [0.15, 0.2) is 526 Å². The molecule has 4 aliphatic carbocycles. The third-order valence-corrected chi connectivity index (χ3v) is 27.7. The van der Waals surface area contributed by atoms with Crippen LogP contribution in [0, 0.1) is 0 Å². The first-order valence-corrected chi connectivity index (χ1v) is 45.8. The number of fused-ring (bicyclic) bond motifs is 23. The number of nitrogens with zero attached hydrogens (tertiary/aromatic N) is 4. The number of hydrogen-bond acceptors (Lipinski definition) is 5. The summed E-state index contributed by atoms with van der Waals surface area (Å²) in [5.41, 5.74) is 44.7. The van der Waals surface area contributed by atoms with E-state index in [1.54, 1.807) is 0 Å². The molecule has 22 aromatic rings. The van der Waals surface area contributed by atoms with Crippen LogP contribution in [0.3, 0.4) is 0 Å². The molecule has 26 rings (SSSR count). The number of anilines is 12. The molecular weight excluding hydrogens is 1610 g/mol. The predicted molar refractivity (Wildman–Crippen MR) is 553 cm³/mol. The zero-order valence-corrected chi connectivity index (χ0v) is 72.8. The minimum atomic E-state index is -0.413. The maximum absolute atomic E-state index is 6.32. The Morgan fingerprint density at radius 1 is 0.128 bits per heavy atom. The molecule has 0 radical (unpaired) electrons. The lowest BCUT2D eigenvalue weighted by molar-refractivity contribution is 0.669. The highest BCUT2D eigenvalue weighted by Gasteiger charge is 2.53. The summed E-state index contributed by atoms with van der Waals surface area (Å²) in [6.45, 7) is 0. The van der Waals surface area contributed by atoms with Crippen LogP contribution >= 0.6 is 0 Å². The molecule has 0 N–H and O–H groups in total. The van der Waals surface area contributed by atoms with Crippen molar-refractivity contribution >= 4 is 90.2 Å². The van der Waals surface area contributed by atoms with Crippen LogP contribution < -0.4 is 19.6 Å². The quantitative estimate of drug-likeness (QED) is 0.0961. The second-order valence-corrected chi connectivity index (χ2v) is 34.9. The number of para-hydroxylation sites is 5. The molecule has 1 heterocycles. The van der Waals surface area contributed by atoms with Crippen molar-refractivity contribution in [2.24, 2.45) is 0 Å². The summed E-state index contributed by atoms with van der Waals surface area (Å²) >= 11 is 0. The molecule has 5 heteroatoms. The summed E-state index contributed by atoms with van der Waals surface area (Å²) in [6.07, 6.45) is 0. The third kappa shape index (κ3) is 13.0. The van der Waals surface area contributed by atoms with Gasteiger partial charge in [0.05, 0.1) is 10.8 Å². The lowest BCUT2D eigenvalue weighted by Gasteiger charge is -2.32. The highest BCUT2D eigenvalue weighted by molar-refractivity contribution is 6.07. The standard InChI is InChI=1S/C67H46N2.C61H40N2O/c1-5-19-47(20-6-1)51-43-52(48-21-7-2-8-22-48)45-58(44-51)69(54-25-11-4-12-26-54)56-39-35-50(36-40-56)49-33-37-55(38-34-49)68(53-23-9-3-10-24-53)57-41-42-66-62(46-57)61-29-15-18-32-65(61)67(66)63-30-16-13-27-59(63)60-28-14-17-31-64(60)67;1-3-15-43(16-4-1)62(47-35-37-52-51-21-9-13-25-57(51)61(58(52)39-47)55-23-11-7-19-49(55)50-20-8-12-24-56(50)61)45-31-27-41(28-32-45)42-29-33-46(34-30-42)63(44-17-5-2-6-18-44)48-36-38-54-53-22-10-14-26-59(53)64-60(54)40-48/h1-46H;1-40H. The summed E-state index contributed by atoms with van der Waals surface area (Å²) in [7, 11) is 0. The van der Waals surface area contributed by atoms with E-state index in [0.717, 1.165) is 112 Å². The van der Waals surface area contributed by atoms with Gasteiger partial charge >= 0.3 is 0 Å². The molecule has 0 unspecified atom stereocenters. The van der Waals surface area contributed by atoms with Gasteiger partial charge in [0.1, 0.15) is 11.2 Å². The van der Waals surface area contributed by atoms with Gasteiger partial charge in [0.25, 0.3) is 0 Å². The molecule has 4 aliphatic rings. The van der Waals surface area contributed by atoms with Gasteiger partial charge in [-0.1, -0.05) is 358 Å². The zero-order chi connectivity index (χ0) is 87.9. The molecule has 0 fully saturated rings. The van der Waals surface area contributed by atoms with Crippen LogP contribution in [0.25, 0.3) is 111 Å². The Balaban J connectivity index is 0.000000143. The molecule has 1 aromatic heterocycles. The van der Waals surface area contributed by atoms with Gasteiger partial charge in [-0.25, -0.2) is 0 Å². The van der Waals surface area contributed by atoms with E-state index in [4.69, 9.17) is 4.42 Å². The van der Waals surface area contributed by atoms with Gasteiger partial charge in [0.2, 0.25) is 0 Å². The Morgan fingerprint density at radius 3 is 0.759 bits per heavy atom. The number of rotatable bonds is 16. The SMILES string of the molecule is c1ccc(-c2cc(-c3ccccc3)cc(N(c3ccccc3)c3ccc(-c4ccc(N(c5ccccc5)c5ccc6c(c5)-c5ccccc5C65c6ccccc6-c6ccccc65)cc4)cc3)c2)cc1.c1ccc(N(c2ccc(-c3ccc(N(c4ccccc4)c4ccc5c(c4)oc4ccccc45)cc3)cc2)c2ccc3c(c2)C2(c4ccccc4-c4ccccc42)c2ccccc2-3)cc1. The topological polar surface area (TPSA) is 26.1 Å². The van der Waals surface area contributed by atoms with Crippen LogP contribution in [0.1, 0.15) is 44.5 Å². The highest BCUT2D eigenvalue weighted by atomic mass is 16.3. The molecule has 5 nitrogen and oxygen atoms in total. The first-order valence-electron chi connectivity index (χ1n) is 45.8. The average molecular weight is 1700 g/mol. The van der Waals surface area contributed by atoms with Gasteiger partial charge < -0.3 is 24.0 Å². The average Bonchev–Trinajstić information content (AvgIpc) is 1.51. The minimum absolute atomic E-state index is 0.373. The summed E-state index contributed by atoms with van der Waals surface area (Å²) in [4.78, 5) is 9.44. The van der Waals surface area contributed by atoms with Crippen LogP contribution in [-0.4, -0.2) is 0 Å². The molecule has 0 saturated heterocycles. The summed E-state index contributed by atoms with van der Waals surface area (Å²) < 4.78 is 6.32. The molecule has 0 bridgehead atoms. The van der Waals surface area contributed by atoms with E-state index in [2.05, 4.69) is 529 Å². The van der Waals surface area contributed by atoms with E-state index in [1.807, 2.05) is 12.1 Å². The first-order chi connectivity index (χ1) is 66.0. The van der Waals surface area contributed by atoms with Crippen molar-refractivity contribution in [1.29, 1.82) is 0 Å². The lowest BCUT2D eigenvalue weighted by atomic mass is 9.70. The van der Waals surface area contributed by atoms with E-state index in [1.165, 1.54) is 111 Å². The maximum Gasteiger partial charge on any atom is 0.137 e. The van der Waals surface area contributed by atoms with Gasteiger partial charge in [0, 0.05) is 85.1 Å². The van der Waals surface area contributed by atoms with Crippen LogP contribution in [0.2, 0.25) is 0 Å². The summed E-state index contributed by atoms with van der Waals surface area (Å²) in [5, 5.41) is 2.25. The molecule has 0 amide bonds. The van der Waals surface area contributed by atoms with Crippen molar-refractivity contribution < 1.29 is 4.42 Å². The molecule has 624 valence electrons. The molecule has 2 spiro atoms. The Kier molecular flexibility index (Phi) is 19.0. The number of benzene rings is 21. The highest BCUT2D eigenvalue weighted by Crippen LogP contribution is 2.66. The van der Waals surface area contributed by atoms with E-state index in [-0.39, 0.29) is 5.41 Å². The van der Waals surface area contributed by atoms with Gasteiger partial charge in [-0.05, 0) is 291 Å². The van der Waals surface area contributed by atoms with Gasteiger partial charge in [0.15, 0.2) is 0 Å². The number of hydrogen-bond donors (Lipinski definition) is 0.